The molecule has 1 aliphatic heterocycles. The predicted molar refractivity (Wildman–Crippen MR) is 93.9 cm³/mol. The average Bonchev–Trinajstić information content (AvgIpc) is 3.04. The maximum atomic E-state index is 13.2. The van der Waals surface area contributed by atoms with Gasteiger partial charge in [0.25, 0.3) is 0 Å². The van der Waals surface area contributed by atoms with Gasteiger partial charge in [0.05, 0.1) is 11.8 Å². The van der Waals surface area contributed by atoms with E-state index in [1.165, 1.54) is 4.90 Å². The zero-order valence-corrected chi connectivity index (χ0v) is 14.9. The van der Waals surface area contributed by atoms with E-state index in [9.17, 15) is 18.0 Å². The molecule has 0 bridgehead atoms. The number of rotatable bonds is 5. The second-order valence-corrected chi connectivity index (χ2v) is 6.83. The van der Waals surface area contributed by atoms with Crippen LogP contribution in [-0.4, -0.2) is 35.2 Å². The fourth-order valence-corrected chi connectivity index (χ4v) is 3.45. The fraction of sp³-hybridized carbons (Fsp3) is 0.316. The first-order chi connectivity index (χ1) is 12.8. The number of hydrogen-bond donors (Lipinski definition) is 1. The van der Waals surface area contributed by atoms with Gasteiger partial charge >= 0.3 is 12.1 Å². The standard InChI is InChI=1S/C19H17ClF3NO3/c20-16-7-4-8-17(27-12-5-2-1-3-6-12)14(16)10-24-9-13(18(25)26)15(11-24)19(21,22)23/h1-8,13,15H,9-11H2,(H,25,26)/t13-,15-/m1/s1. The highest BCUT2D eigenvalue weighted by Crippen LogP contribution is 2.39. The Kier molecular flexibility index (Phi) is 5.62. The van der Waals surface area contributed by atoms with Crippen molar-refractivity contribution in [1.29, 1.82) is 0 Å². The third-order valence-corrected chi connectivity index (χ3v) is 4.92. The molecule has 4 nitrogen and oxygen atoms in total. The van der Waals surface area contributed by atoms with Crippen LogP contribution in [0.5, 0.6) is 11.5 Å². The van der Waals surface area contributed by atoms with Crippen LogP contribution in [0.1, 0.15) is 5.56 Å². The molecule has 1 heterocycles. The van der Waals surface area contributed by atoms with Crippen LogP contribution in [0.25, 0.3) is 0 Å². The lowest BCUT2D eigenvalue weighted by atomic mass is 9.96. The van der Waals surface area contributed by atoms with Gasteiger partial charge in [0.15, 0.2) is 0 Å². The molecule has 0 radical (unpaired) electrons. The average molecular weight is 400 g/mol. The second kappa shape index (κ2) is 7.78. The van der Waals surface area contributed by atoms with E-state index >= 15 is 0 Å². The summed E-state index contributed by atoms with van der Waals surface area (Å²) in [4.78, 5) is 12.7. The summed E-state index contributed by atoms with van der Waals surface area (Å²) < 4.78 is 45.4. The Hall–Kier alpha value is -2.25. The Bertz CT molecular complexity index is 814. The molecule has 3 rings (SSSR count). The van der Waals surface area contributed by atoms with Crippen LogP contribution in [0.15, 0.2) is 48.5 Å². The van der Waals surface area contributed by atoms with Gasteiger partial charge in [-0.15, -0.1) is 0 Å². The number of para-hydroxylation sites is 1. The number of carboxylic acids is 1. The Balaban J connectivity index is 1.82. The molecule has 1 N–H and O–H groups in total. The van der Waals surface area contributed by atoms with Gasteiger partial charge in [-0.3, -0.25) is 9.69 Å². The van der Waals surface area contributed by atoms with Crippen molar-refractivity contribution in [2.24, 2.45) is 11.8 Å². The van der Waals surface area contributed by atoms with Crippen molar-refractivity contribution >= 4 is 17.6 Å². The van der Waals surface area contributed by atoms with E-state index in [1.54, 1.807) is 42.5 Å². The van der Waals surface area contributed by atoms with Gasteiger partial charge in [0, 0.05) is 30.2 Å². The number of carbonyl (C=O) groups is 1. The predicted octanol–water partition coefficient (Wildman–Crippen LogP) is 4.83. The molecule has 8 heteroatoms. The van der Waals surface area contributed by atoms with Gasteiger partial charge < -0.3 is 9.84 Å². The van der Waals surface area contributed by atoms with E-state index < -0.39 is 30.5 Å². The molecule has 0 saturated carbocycles. The van der Waals surface area contributed by atoms with Crippen molar-refractivity contribution in [3.8, 4) is 11.5 Å². The van der Waals surface area contributed by atoms with E-state index in [0.717, 1.165) is 0 Å². The molecule has 2 atom stereocenters. The van der Waals surface area contributed by atoms with Crippen LogP contribution in [0, 0.1) is 11.8 Å². The van der Waals surface area contributed by atoms with E-state index in [2.05, 4.69) is 0 Å². The van der Waals surface area contributed by atoms with Crippen LogP contribution in [-0.2, 0) is 11.3 Å². The SMILES string of the molecule is O=C(O)[C@@H]1CN(Cc2c(Cl)cccc2Oc2ccccc2)C[C@H]1C(F)(F)F. The number of aliphatic carboxylic acids is 1. The molecule has 1 aliphatic rings. The van der Waals surface area contributed by atoms with Crippen LogP contribution >= 0.6 is 11.6 Å². The summed E-state index contributed by atoms with van der Waals surface area (Å²) in [6, 6.07) is 13.9. The third-order valence-electron chi connectivity index (χ3n) is 4.56. The summed E-state index contributed by atoms with van der Waals surface area (Å²) in [6.07, 6.45) is -4.57. The number of nitrogens with zero attached hydrogens (tertiary/aromatic N) is 1. The quantitative estimate of drug-likeness (QED) is 0.782. The Morgan fingerprint density at radius 1 is 1.15 bits per heavy atom. The number of benzene rings is 2. The lowest BCUT2D eigenvalue weighted by molar-refractivity contribution is -0.188. The summed E-state index contributed by atoms with van der Waals surface area (Å²) in [5, 5.41) is 9.51. The number of ether oxygens (including phenoxy) is 1. The number of alkyl halides is 3. The molecule has 0 aliphatic carbocycles. The Morgan fingerprint density at radius 2 is 1.85 bits per heavy atom. The molecule has 0 amide bonds. The summed E-state index contributed by atoms with van der Waals surface area (Å²) in [5.74, 6) is -3.85. The van der Waals surface area contributed by atoms with Crippen LogP contribution in [0.4, 0.5) is 13.2 Å². The van der Waals surface area contributed by atoms with Crippen LogP contribution < -0.4 is 4.74 Å². The Labute approximate surface area is 159 Å². The summed E-state index contributed by atoms with van der Waals surface area (Å²) in [7, 11) is 0. The Morgan fingerprint density at radius 3 is 2.44 bits per heavy atom. The number of carboxylic acid groups (broad SMARTS) is 1. The summed E-state index contributed by atoms with van der Waals surface area (Å²) in [5.41, 5.74) is 0.523. The van der Waals surface area contributed by atoms with Crippen LogP contribution in [0.3, 0.4) is 0 Å². The van der Waals surface area contributed by atoms with Crippen molar-refractivity contribution < 1.29 is 27.8 Å². The molecule has 1 saturated heterocycles. The second-order valence-electron chi connectivity index (χ2n) is 6.42. The highest BCUT2D eigenvalue weighted by molar-refractivity contribution is 6.31. The van der Waals surface area contributed by atoms with Gasteiger partial charge in [0.1, 0.15) is 11.5 Å². The maximum Gasteiger partial charge on any atom is 0.393 e. The number of halogens is 4. The topological polar surface area (TPSA) is 49.8 Å². The van der Waals surface area contributed by atoms with E-state index in [0.29, 0.717) is 22.1 Å². The van der Waals surface area contributed by atoms with Crippen molar-refractivity contribution in [3.05, 3.63) is 59.1 Å². The molecule has 27 heavy (non-hydrogen) atoms. The van der Waals surface area contributed by atoms with E-state index in [4.69, 9.17) is 21.4 Å². The maximum absolute atomic E-state index is 13.2. The molecule has 2 aromatic carbocycles. The van der Waals surface area contributed by atoms with Gasteiger partial charge in [-0.05, 0) is 24.3 Å². The summed E-state index contributed by atoms with van der Waals surface area (Å²) in [6.45, 7) is -0.524. The first kappa shape index (κ1) is 19.5. The smallest absolute Gasteiger partial charge is 0.393 e. The van der Waals surface area contributed by atoms with Gasteiger partial charge in [0.2, 0.25) is 0 Å². The van der Waals surface area contributed by atoms with E-state index in [1.807, 2.05) is 6.07 Å². The lowest BCUT2D eigenvalue weighted by Gasteiger charge is -2.20. The minimum atomic E-state index is -4.57. The highest BCUT2D eigenvalue weighted by atomic mass is 35.5. The van der Waals surface area contributed by atoms with Gasteiger partial charge in [-0.1, -0.05) is 35.9 Å². The minimum absolute atomic E-state index is 0.0677. The molecule has 0 aromatic heterocycles. The number of hydrogen-bond acceptors (Lipinski definition) is 3. The monoisotopic (exact) mass is 399 g/mol. The molecule has 144 valence electrons. The van der Waals surface area contributed by atoms with Crippen molar-refractivity contribution in [3.63, 3.8) is 0 Å². The normalized spacial score (nSPS) is 20.6. The van der Waals surface area contributed by atoms with Crippen molar-refractivity contribution in [2.45, 2.75) is 12.7 Å². The first-order valence-corrected chi connectivity index (χ1v) is 8.65. The molecule has 0 spiro atoms. The molecule has 1 fully saturated rings. The van der Waals surface area contributed by atoms with E-state index in [-0.39, 0.29) is 13.1 Å². The first-order valence-electron chi connectivity index (χ1n) is 8.28. The van der Waals surface area contributed by atoms with Gasteiger partial charge in [-0.2, -0.15) is 13.2 Å². The number of likely N-dealkylation sites (tertiary alicyclic amines) is 1. The van der Waals surface area contributed by atoms with Crippen molar-refractivity contribution in [2.75, 3.05) is 13.1 Å². The minimum Gasteiger partial charge on any atom is -0.481 e. The van der Waals surface area contributed by atoms with Crippen LogP contribution in [0.2, 0.25) is 5.02 Å². The largest absolute Gasteiger partial charge is 0.481 e. The summed E-state index contributed by atoms with van der Waals surface area (Å²) >= 11 is 6.25. The van der Waals surface area contributed by atoms with Crippen molar-refractivity contribution in [1.82, 2.24) is 4.90 Å². The lowest BCUT2D eigenvalue weighted by Crippen LogP contribution is -2.33. The zero-order chi connectivity index (χ0) is 19.6. The molecule has 2 aromatic rings. The fourth-order valence-electron chi connectivity index (χ4n) is 3.22. The molecule has 0 unspecified atom stereocenters. The zero-order valence-electron chi connectivity index (χ0n) is 14.1. The third kappa shape index (κ3) is 4.54. The highest BCUT2D eigenvalue weighted by Gasteiger charge is 2.52. The van der Waals surface area contributed by atoms with Gasteiger partial charge in [-0.25, -0.2) is 0 Å². The molecular weight excluding hydrogens is 383 g/mol. The molecular formula is C19H17ClF3NO3.